The monoisotopic (exact) mass is 174 g/mol. The molecule has 0 aliphatic carbocycles. The van der Waals surface area contributed by atoms with Crippen molar-refractivity contribution in [2.24, 2.45) is 0 Å². The van der Waals surface area contributed by atoms with E-state index in [0.717, 1.165) is 0 Å². The van der Waals surface area contributed by atoms with Crippen LogP contribution in [0.5, 0.6) is 0 Å². The van der Waals surface area contributed by atoms with Crippen LogP contribution in [-0.2, 0) is 14.3 Å². The third-order valence-corrected chi connectivity index (χ3v) is 1.69. The molecule has 0 aliphatic heterocycles. The highest BCUT2D eigenvalue weighted by molar-refractivity contribution is 5.87. The second kappa shape index (κ2) is 4.21. The third-order valence-electron chi connectivity index (χ3n) is 1.69. The Bertz CT molecular complexity index is 187. The first-order chi connectivity index (χ1) is 5.46. The van der Waals surface area contributed by atoms with Gasteiger partial charge in [0.1, 0.15) is 5.78 Å². The molecule has 4 heteroatoms. The average Bonchev–Trinajstić information content (AvgIpc) is 2.01. The molecule has 1 N–H and O–H groups in total. The summed E-state index contributed by atoms with van der Waals surface area (Å²) in [5.41, 5.74) is -1.64. The number of carbonyl (C=O) groups is 2. The zero-order valence-corrected chi connectivity index (χ0v) is 7.59. The molecule has 0 fully saturated rings. The summed E-state index contributed by atoms with van der Waals surface area (Å²) in [4.78, 5) is 21.6. The number of carbonyl (C=O) groups excluding carboxylic acids is 2. The summed E-state index contributed by atoms with van der Waals surface area (Å²) in [6.07, 6.45) is -0.00454. The minimum absolute atomic E-state index is 0.180. The van der Waals surface area contributed by atoms with E-state index in [1.807, 2.05) is 0 Å². The van der Waals surface area contributed by atoms with Gasteiger partial charge in [0.2, 0.25) is 0 Å². The number of aliphatic hydroxyl groups is 1. The molecule has 0 saturated heterocycles. The fourth-order valence-electron chi connectivity index (χ4n) is 0.943. The number of rotatable bonds is 4. The van der Waals surface area contributed by atoms with E-state index in [9.17, 15) is 14.7 Å². The van der Waals surface area contributed by atoms with Crippen molar-refractivity contribution in [3.63, 3.8) is 0 Å². The topological polar surface area (TPSA) is 63.6 Å². The van der Waals surface area contributed by atoms with E-state index in [1.54, 1.807) is 6.92 Å². The van der Waals surface area contributed by atoms with Gasteiger partial charge in [0.15, 0.2) is 5.60 Å². The molecule has 0 aromatic rings. The van der Waals surface area contributed by atoms with Crippen LogP contribution in [0, 0.1) is 0 Å². The number of esters is 1. The molecule has 12 heavy (non-hydrogen) atoms. The molecule has 70 valence electrons. The Morgan fingerprint density at radius 2 is 2.00 bits per heavy atom. The highest BCUT2D eigenvalue weighted by Crippen LogP contribution is 2.16. The zero-order chi connectivity index (χ0) is 9.78. The molecule has 4 nitrogen and oxygen atoms in total. The summed E-state index contributed by atoms with van der Waals surface area (Å²) in [6, 6.07) is 0. The molecule has 0 saturated carbocycles. The smallest absolute Gasteiger partial charge is 0.338 e. The summed E-state index contributed by atoms with van der Waals surface area (Å²) < 4.78 is 4.37. The molecule has 0 bridgehead atoms. The molecule has 0 rings (SSSR count). The Morgan fingerprint density at radius 1 is 1.50 bits per heavy atom. The number of ketones is 1. The van der Waals surface area contributed by atoms with Gasteiger partial charge in [0.25, 0.3) is 0 Å². The lowest BCUT2D eigenvalue weighted by atomic mass is 9.95. The Kier molecular flexibility index (Phi) is 3.89. The van der Waals surface area contributed by atoms with Crippen LogP contribution in [0.4, 0.5) is 0 Å². The van der Waals surface area contributed by atoms with Gasteiger partial charge in [-0.25, -0.2) is 4.79 Å². The number of Topliss-reactive ketones (excluding diaryl/α,β-unsaturated/α-hetero) is 1. The highest BCUT2D eigenvalue weighted by atomic mass is 16.5. The van der Waals surface area contributed by atoms with E-state index in [0.29, 0.717) is 0 Å². The lowest BCUT2D eigenvalue weighted by Crippen LogP contribution is -2.40. The van der Waals surface area contributed by atoms with Gasteiger partial charge in [-0.2, -0.15) is 0 Å². The maximum atomic E-state index is 11.0. The van der Waals surface area contributed by atoms with E-state index >= 15 is 0 Å². The van der Waals surface area contributed by atoms with Gasteiger partial charge in [-0.15, -0.1) is 0 Å². The van der Waals surface area contributed by atoms with Crippen molar-refractivity contribution in [1.82, 2.24) is 0 Å². The fourth-order valence-corrected chi connectivity index (χ4v) is 0.943. The Balaban J connectivity index is 4.44. The summed E-state index contributed by atoms with van der Waals surface area (Å²) in [5.74, 6) is -0.982. The molecule has 0 unspecified atom stereocenters. The average molecular weight is 174 g/mol. The number of ether oxygens (including phenoxy) is 1. The molecule has 0 spiro atoms. The molecule has 0 aromatic heterocycles. The predicted molar refractivity (Wildman–Crippen MR) is 42.6 cm³/mol. The van der Waals surface area contributed by atoms with Gasteiger partial charge in [-0.3, -0.25) is 4.79 Å². The Morgan fingerprint density at radius 3 is 2.25 bits per heavy atom. The SMILES string of the molecule is CC[C@](O)(CC(C)=O)C(=O)OC. The van der Waals surface area contributed by atoms with Gasteiger partial charge in [0.05, 0.1) is 7.11 Å². The molecule has 0 radical (unpaired) electrons. The second-order valence-electron chi connectivity index (χ2n) is 2.76. The van der Waals surface area contributed by atoms with Crippen LogP contribution in [-0.4, -0.2) is 29.6 Å². The van der Waals surface area contributed by atoms with Crippen LogP contribution < -0.4 is 0 Å². The molecule has 1 atom stereocenters. The van der Waals surface area contributed by atoms with E-state index in [4.69, 9.17) is 0 Å². The Labute approximate surface area is 71.5 Å². The molecule has 0 heterocycles. The molecule has 0 aliphatic rings. The van der Waals surface area contributed by atoms with E-state index < -0.39 is 11.6 Å². The molecular weight excluding hydrogens is 160 g/mol. The van der Waals surface area contributed by atoms with Crippen LogP contribution in [0.15, 0.2) is 0 Å². The lowest BCUT2D eigenvalue weighted by Gasteiger charge is -2.21. The number of hydrogen-bond donors (Lipinski definition) is 1. The first-order valence-corrected chi connectivity index (χ1v) is 3.76. The van der Waals surface area contributed by atoms with Crippen molar-refractivity contribution < 1.29 is 19.4 Å². The van der Waals surface area contributed by atoms with E-state index in [2.05, 4.69) is 4.74 Å². The van der Waals surface area contributed by atoms with Crippen LogP contribution in [0.3, 0.4) is 0 Å². The lowest BCUT2D eigenvalue weighted by molar-refractivity contribution is -0.165. The normalized spacial score (nSPS) is 15.0. The van der Waals surface area contributed by atoms with Crippen LogP contribution in [0.1, 0.15) is 26.7 Å². The van der Waals surface area contributed by atoms with Crippen molar-refractivity contribution in [2.45, 2.75) is 32.3 Å². The number of methoxy groups -OCH3 is 1. The molecular formula is C8H14O4. The van der Waals surface area contributed by atoms with Crippen molar-refractivity contribution in [2.75, 3.05) is 7.11 Å². The first kappa shape index (κ1) is 11.1. The zero-order valence-electron chi connectivity index (χ0n) is 7.59. The van der Waals surface area contributed by atoms with Gasteiger partial charge < -0.3 is 9.84 Å². The summed E-state index contributed by atoms with van der Waals surface area (Å²) in [7, 11) is 1.18. The van der Waals surface area contributed by atoms with Crippen LogP contribution in [0.25, 0.3) is 0 Å². The maximum Gasteiger partial charge on any atom is 0.338 e. The minimum Gasteiger partial charge on any atom is -0.467 e. The predicted octanol–water partition coefficient (Wildman–Crippen LogP) is 0.280. The standard InChI is InChI=1S/C8H14O4/c1-4-8(11,5-6(2)9)7(10)12-3/h11H,4-5H2,1-3H3/t8-/m0/s1. The van der Waals surface area contributed by atoms with Crippen molar-refractivity contribution in [1.29, 1.82) is 0 Å². The summed E-state index contributed by atoms with van der Waals surface area (Å²) in [5, 5.41) is 9.56. The first-order valence-electron chi connectivity index (χ1n) is 3.76. The van der Waals surface area contributed by atoms with Crippen molar-refractivity contribution in [3.05, 3.63) is 0 Å². The second-order valence-corrected chi connectivity index (χ2v) is 2.76. The quantitative estimate of drug-likeness (QED) is 0.622. The van der Waals surface area contributed by atoms with Crippen molar-refractivity contribution in [3.8, 4) is 0 Å². The van der Waals surface area contributed by atoms with Crippen LogP contribution >= 0.6 is 0 Å². The molecule has 0 aromatic carbocycles. The van der Waals surface area contributed by atoms with E-state index in [1.165, 1.54) is 14.0 Å². The Hall–Kier alpha value is -0.900. The largest absolute Gasteiger partial charge is 0.467 e. The van der Waals surface area contributed by atoms with Gasteiger partial charge in [-0.1, -0.05) is 6.92 Å². The third kappa shape index (κ3) is 2.62. The van der Waals surface area contributed by atoms with Gasteiger partial charge >= 0.3 is 5.97 Å². The van der Waals surface area contributed by atoms with Gasteiger partial charge in [-0.05, 0) is 13.3 Å². The van der Waals surface area contributed by atoms with E-state index in [-0.39, 0.29) is 18.6 Å². The fraction of sp³-hybridized carbons (Fsp3) is 0.750. The van der Waals surface area contributed by atoms with Gasteiger partial charge in [0, 0.05) is 6.42 Å². The molecule has 0 amide bonds. The summed E-state index contributed by atoms with van der Waals surface area (Å²) >= 11 is 0. The minimum atomic E-state index is -1.64. The highest BCUT2D eigenvalue weighted by Gasteiger charge is 2.36. The maximum absolute atomic E-state index is 11.0. The summed E-state index contributed by atoms with van der Waals surface area (Å²) in [6.45, 7) is 2.95. The number of hydrogen-bond acceptors (Lipinski definition) is 4. The van der Waals surface area contributed by atoms with Crippen LogP contribution in [0.2, 0.25) is 0 Å². The van der Waals surface area contributed by atoms with Crippen molar-refractivity contribution >= 4 is 11.8 Å².